The van der Waals surface area contributed by atoms with E-state index in [1.807, 2.05) is 0 Å². The van der Waals surface area contributed by atoms with E-state index in [1.54, 1.807) is 0 Å². The van der Waals surface area contributed by atoms with E-state index in [2.05, 4.69) is 5.73 Å². The first kappa shape index (κ1) is 18.5. The lowest BCUT2D eigenvalue weighted by molar-refractivity contribution is -0.374. The predicted octanol–water partition coefficient (Wildman–Crippen LogP) is 3.49. The molecule has 114 valence electrons. The van der Waals surface area contributed by atoms with E-state index in [0.717, 1.165) is 0 Å². The Balaban J connectivity index is 5.99. The van der Waals surface area contributed by atoms with Crippen LogP contribution in [0.2, 0.25) is 0 Å². The number of nitrogens with one attached hydrogen (secondary N) is 1. The molecule has 0 saturated heterocycles. The van der Waals surface area contributed by atoms with Gasteiger partial charge in [0.2, 0.25) is 0 Å². The molecule has 0 unspecified atom stereocenters. The van der Waals surface area contributed by atoms with Gasteiger partial charge in [0.1, 0.15) is 0 Å². The van der Waals surface area contributed by atoms with Crippen LogP contribution >= 0.6 is 22.6 Å². The fraction of sp³-hybridized carbons (Fsp3) is 0.833. The lowest BCUT2D eigenvalue weighted by Gasteiger charge is -2.37. The van der Waals surface area contributed by atoms with Crippen molar-refractivity contribution in [1.82, 2.24) is 0 Å². The first-order valence-electron chi connectivity index (χ1n) is 3.87. The number of nitrogens with two attached hydrogens (primary N) is 1. The Morgan fingerprint density at radius 3 is 1.26 bits per heavy atom. The Morgan fingerprint density at radius 2 is 1.05 bits per heavy atom. The summed E-state index contributed by atoms with van der Waals surface area (Å²) >= 11 is -0.596. The van der Waals surface area contributed by atoms with Crippen LogP contribution in [0.15, 0.2) is 0 Å². The Kier molecular flexibility index (Phi) is 4.39. The molecule has 0 aromatic rings. The molecule has 0 aliphatic rings. The van der Waals surface area contributed by atoms with Crippen molar-refractivity contribution >= 4 is 28.4 Å². The van der Waals surface area contributed by atoms with E-state index in [-0.39, 0.29) is 0 Å². The van der Waals surface area contributed by atoms with Crippen LogP contribution in [0.3, 0.4) is 0 Å². The maximum Gasteiger partial charge on any atom is 0.387 e. The molecule has 0 saturated carbocycles. The van der Waals surface area contributed by atoms with E-state index in [0.29, 0.717) is 0 Å². The van der Waals surface area contributed by atoms with Gasteiger partial charge in [0, 0.05) is 22.6 Å². The summed E-state index contributed by atoms with van der Waals surface area (Å²) in [6, 6.07) is 0. The van der Waals surface area contributed by atoms with Gasteiger partial charge in [-0.3, -0.25) is 5.41 Å². The van der Waals surface area contributed by atoms with Crippen molar-refractivity contribution in [2.45, 2.75) is 27.6 Å². The Morgan fingerprint density at radius 1 is 0.737 bits per heavy atom. The van der Waals surface area contributed by atoms with E-state index >= 15 is 0 Å². The van der Waals surface area contributed by atoms with Crippen LogP contribution in [0.5, 0.6) is 0 Å². The van der Waals surface area contributed by atoms with Crippen molar-refractivity contribution in [3.63, 3.8) is 0 Å². The summed E-state index contributed by atoms with van der Waals surface area (Å²) in [6.07, 6.45) is 0. The quantitative estimate of drug-likeness (QED) is 0.231. The van der Waals surface area contributed by atoms with Crippen LogP contribution < -0.4 is 5.73 Å². The molecule has 0 radical (unpaired) electrons. The minimum atomic E-state index is -7.15. The fourth-order valence-corrected chi connectivity index (χ4v) is 1.08. The second kappa shape index (κ2) is 4.51. The molecular formula is C6H3F10IN2. The largest absolute Gasteiger partial charge is 0.387 e. The number of hydrogen-bond donors (Lipinski definition) is 2. The summed E-state index contributed by atoms with van der Waals surface area (Å²) in [7, 11) is 0. The summed E-state index contributed by atoms with van der Waals surface area (Å²) in [5.74, 6) is -30.1. The second-order valence-electron chi connectivity index (χ2n) is 3.21. The molecule has 3 N–H and O–H groups in total. The summed E-state index contributed by atoms with van der Waals surface area (Å²) in [5.41, 5.74) is 3.89. The van der Waals surface area contributed by atoms with Gasteiger partial charge >= 0.3 is 27.6 Å². The van der Waals surface area contributed by atoms with Crippen LogP contribution in [0.4, 0.5) is 43.9 Å². The summed E-state index contributed by atoms with van der Waals surface area (Å²) in [6.45, 7) is 0. The molecule has 0 aliphatic heterocycles. The highest BCUT2D eigenvalue weighted by Gasteiger charge is 2.86. The summed E-state index contributed by atoms with van der Waals surface area (Å²) in [4.78, 5) is 0. The van der Waals surface area contributed by atoms with E-state index in [9.17, 15) is 43.9 Å². The fourth-order valence-electron chi connectivity index (χ4n) is 0.741. The third kappa shape index (κ3) is 2.44. The van der Waals surface area contributed by atoms with Gasteiger partial charge in [0.15, 0.2) is 5.84 Å². The average Bonchev–Trinajstić information content (AvgIpc) is 2.14. The Hall–Kier alpha value is -0.500. The molecule has 0 fully saturated rings. The highest BCUT2D eigenvalue weighted by atomic mass is 127. The molecule has 0 aliphatic carbocycles. The van der Waals surface area contributed by atoms with Crippen LogP contribution in [0, 0.1) is 5.41 Å². The molecule has 0 bridgehead atoms. The highest BCUT2D eigenvalue weighted by Crippen LogP contribution is 2.58. The number of alkyl halides is 11. The zero-order chi connectivity index (χ0) is 16.1. The Bertz CT molecular complexity index is 373. The first-order valence-corrected chi connectivity index (χ1v) is 4.95. The Labute approximate surface area is 112 Å². The molecule has 0 rings (SSSR count). The van der Waals surface area contributed by atoms with Crippen LogP contribution in [0.25, 0.3) is 0 Å². The van der Waals surface area contributed by atoms with Gasteiger partial charge in [0.25, 0.3) is 0 Å². The normalized spacial score (nSPS) is 15.5. The van der Waals surface area contributed by atoms with Crippen molar-refractivity contribution in [3.8, 4) is 0 Å². The van der Waals surface area contributed by atoms with Crippen molar-refractivity contribution in [1.29, 1.82) is 5.41 Å². The minimum Gasteiger partial charge on any atom is -0.382 e. The minimum absolute atomic E-state index is 0.596. The standard InChI is InChI=1S/C6H3F10IN2/c7-2(8,1(18)19)3(9,10)4(11,12)5(13,14)6(15,16)17/h(H3,18,19). The molecular weight excluding hydrogens is 417 g/mol. The van der Waals surface area contributed by atoms with Crippen molar-refractivity contribution < 1.29 is 43.9 Å². The van der Waals surface area contributed by atoms with Crippen LogP contribution in [0.1, 0.15) is 0 Å². The number of hydrogen-bond acceptors (Lipinski definition) is 1. The van der Waals surface area contributed by atoms with Gasteiger partial charge in [-0.15, -0.1) is 0 Å². The smallest absolute Gasteiger partial charge is 0.382 e. The van der Waals surface area contributed by atoms with E-state index in [4.69, 9.17) is 5.41 Å². The molecule has 0 aromatic heterocycles. The lowest BCUT2D eigenvalue weighted by atomic mass is 9.98. The van der Waals surface area contributed by atoms with Crippen molar-refractivity contribution in [2.24, 2.45) is 5.73 Å². The van der Waals surface area contributed by atoms with Crippen molar-refractivity contribution in [2.75, 3.05) is 0 Å². The summed E-state index contributed by atoms with van der Waals surface area (Å²) < 4.78 is 120. The maximum absolute atomic E-state index is 12.7. The van der Waals surface area contributed by atoms with E-state index < -0.39 is 56.0 Å². The van der Waals surface area contributed by atoms with Gasteiger partial charge in [0.05, 0.1) is 0 Å². The first-order chi connectivity index (χ1) is 7.94. The molecule has 0 amide bonds. The SMILES string of the molecule is N=C(N)C(F)(F)C(F)(F)C(F)(F)C(F)(F)C(F)(F)I. The molecule has 0 heterocycles. The molecule has 13 heteroatoms. The monoisotopic (exact) mass is 420 g/mol. The van der Waals surface area contributed by atoms with E-state index in [1.165, 1.54) is 0 Å². The predicted molar refractivity (Wildman–Crippen MR) is 50.7 cm³/mol. The zero-order valence-electron chi connectivity index (χ0n) is 8.23. The van der Waals surface area contributed by atoms with Gasteiger partial charge in [-0.2, -0.15) is 43.9 Å². The second-order valence-corrected chi connectivity index (χ2v) is 4.56. The van der Waals surface area contributed by atoms with Crippen molar-refractivity contribution in [3.05, 3.63) is 0 Å². The van der Waals surface area contributed by atoms with Gasteiger partial charge in [-0.1, -0.05) is 0 Å². The number of halogens is 11. The van der Waals surface area contributed by atoms with Crippen LogP contribution in [-0.2, 0) is 0 Å². The number of rotatable bonds is 5. The lowest BCUT2D eigenvalue weighted by Crippen LogP contribution is -2.68. The topological polar surface area (TPSA) is 49.9 Å². The zero-order valence-corrected chi connectivity index (χ0v) is 10.4. The average molecular weight is 420 g/mol. The van der Waals surface area contributed by atoms with Gasteiger partial charge < -0.3 is 5.73 Å². The van der Waals surface area contributed by atoms with Gasteiger partial charge in [-0.05, 0) is 0 Å². The summed E-state index contributed by atoms with van der Waals surface area (Å²) in [5, 5.41) is 5.97. The third-order valence-corrected chi connectivity index (χ3v) is 2.55. The molecule has 0 spiro atoms. The van der Waals surface area contributed by atoms with Crippen LogP contribution in [-0.4, -0.2) is 33.5 Å². The molecule has 0 atom stereocenters. The molecule has 0 aromatic carbocycles. The highest BCUT2D eigenvalue weighted by molar-refractivity contribution is 14.1. The third-order valence-electron chi connectivity index (χ3n) is 1.88. The maximum atomic E-state index is 12.7. The van der Waals surface area contributed by atoms with Gasteiger partial charge in [-0.25, -0.2) is 0 Å². The molecule has 19 heavy (non-hydrogen) atoms. The molecule has 2 nitrogen and oxygen atoms in total. The number of amidine groups is 1.